The molecule has 1 fully saturated rings. The summed E-state index contributed by atoms with van der Waals surface area (Å²) in [6.45, 7) is 4.25. The van der Waals surface area contributed by atoms with Crippen molar-refractivity contribution in [1.29, 1.82) is 0 Å². The number of para-hydroxylation sites is 2. The van der Waals surface area contributed by atoms with Crippen LogP contribution in [0.2, 0.25) is 0 Å². The molecule has 3 rings (SSSR count). The van der Waals surface area contributed by atoms with E-state index in [0.717, 1.165) is 32.1 Å². The molecule has 0 aliphatic carbocycles. The van der Waals surface area contributed by atoms with Crippen molar-refractivity contribution in [1.82, 2.24) is 14.9 Å². The third-order valence-electron chi connectivity index (χ3n) is 4.18. The molecule has 1 aliphatic rings. The van der Waals surface area contributed by atoms with Gasteiger partial charge in [-0.3, -0.25) is 4.90 Å². The van der Waals surface area contributed by atoms with Crippen LogP contribution in [0.1, 0.15) is 0 Å². The van der Waals surface area contributed by atoms with Crippen LogP contribution in [-0.4, -0.2) is 72.5 Å². The van der Waals surface area contributed by atoms with Crippen LogP contribution in [0.15, 0.2) is 42.7 Å². The molecule has 134 valence electrons. The largest absolute Gasteiger partial charge is 0.493 e. The quantitative estimate of drug-likeness (QED) is 0.805. The molecule has 1 N–H and O–H groups in total. The summed E-state index contributed by atoms with van der Waals surface area (Å²) in [6.07, 6.45) is 2.96. The van der Waals surface area contributed by atoms with Crippen molar-refractivity contribution in [2.24, 2.45) is 0 Å². The smallest absolute Gasteiger partial charge is 0.225 e. The predicted octanol–water partition coefficient (Wildman–Crippen LogP) is 1.05. The molecular formula is C18H24N4O3. The number of aliphatic hydroxyl groups excluding tert-OH is 1. The maximum absolute atomic E-state index is 10.3. The highest BCUT2D eigenvalue weighted by atomic mass is 16.5. The number of aromatic nitrogens is 2. The fraction of sp³-hybridized carbons (Fsp3) is 0.444. The Hall–Kier alpha value is -2.38. The van der Waals surface area contributed by atoms with Gasteiger partial charge in [-0.1, -0.05) is 12.1 Å². The molecule has 0 saturated carbocycles. The van der Waals surface area contributed by atoms with E-state index in [0.29, 0.717) is 18.0 Å². The molecule has 7 nitrogen and oxygen atoms in total. The lowest BCUT2D eigenvalue weighted by Gasteiger charge is -2.35. The van der Waals surface area contributed by atoms with Crippen molar-refractivity contribution >= 4 is 5.95 Å². The van der Waals surface area contributed by atoms with Gasteiger partial charge in [0.2, 0.25) is 5.95 Å². The number of methoxy groups -OCH3 is 1. The van der Waals surface area contributed by atoms with Crippen molar-refractivity contribution in [2.75, 3.05) is 51.3 Å². The first kappa shape index (κ1) is 17.4. The summed E-state index contributed by atoms with van der Waals surface area (Å²) in [7, 11) is 1.61. The van der Waals surface area contributed by atoms with Crippen LogP contribution in [0.3, 0.4) is 0 Å². The minimum absolute atomic E-state index is 0.238. The van der Waals surface area contributed by atoms with Crippen LogP contribution in [0, 0.1) is 0 Å². The summed E-state index contributed by atoms with van der Waals surface area (Å²) in [6, 6.07) is 9.27. The Labute approximate surface area is 147 Å². The first-order valence-electron chi connectivity index (χ1n) is 8.44. The van der Waals surface area contributed by atoms with E-state index in [2.05, 4.69) is 19.8 Å². The van der Waals surface area contributed by atoms with Crippen molar-refractivity contribution < 1.29 is 14.6 Å². The van der Waals surface area contributed by atoms with Crippen molar-refractivity contribution in [2.45, 2.75) is 6.10 Å². The minimum atomic E-state index is -0.551. The predicted molar refractivity (Wildman–Crippen MR) is 95.2 cm³/mol. The summed E-state index contributed by atoms with van der Waals surface area (Å²) >= 11 is 0. The molecule has 1 aliphatic heterocycles. The molecule has 1 saturated heterocycles. The maximum Gasteiger partial charge on any atom is 0.225 e. The van der Waals surface area contributed by atoms with E-state index < -0.39 is 6.10 Å². The second-order valence-electron chi connectivity index (χ2n) is 5.95. The second kappa shape index (κ2) is 8.64. The highest BCUT2D eigenvalue weighted by Gasteiger charge is 2.21. The van der Waals surface area contributed by atoms with Gasteiger partial charge in [0, 0.05) is 45.1 Å². The number of aliphatic hydroxyl groups is 1. The van der Waals surface area contributed by atoms with Gasteiger partial charge in [-0.25, -0.2) is 9.97 Å². The van der Waals surface area contributed by atoms with E-state index >= 15 is 0 Å². The van der Waals surface area contributed by atoms with Gasteiger partial charge in [-0.05, 0) is 18.2 Å². The number of piperazine rings is 1. The Balaban J connectivity index is 1.43. The zero-order valence-electron chi connectivity index (χ0n) is 14.4. The number of β-amino-alcohol motifs (C(OH)–C–C–N with tert-alkyl or cyclic N) is 1. The summed E-state index contributed by atoms with van der Waals surface area (Å²) in [4.78, 5) is 13.0. The van der Waals surface area contributed by atoms with Crippen LogP contribution >= 0.6 is 0 Å². The number of rotatable bonds is 7. The van der Waals surface area contributed by atoms with E-state index in [1.165, 1.54) is 0 Å². The summed E-state index contributed by atoms with van der Waals surface area (Å²) in [5.41, 5.74) is 0. The molecule has 7 heteroatoms. The van der Waals surface area contributed by atoms with Crippen LogP contribution in [0.5, 0.6) is 11.5 Å². The lowest BCUT2D eigenvalue weighted by molar-refractivity contribution is 0.0652. The van der Waals surface area contributed by atoms with Crippen LogP contribution in [0.25, 0.3) is 0 Å². The van der Waals surface area contributed by atoms with Gasteiger partial charge in [0.25, 0.3) is 0 Å². The van der Waals surface area contributed by atoms with E-state index in [1.807, 2.05) is 30.3 Å². The van der Waals surface area contributed by atoms with Crippen LogP contribution < -0.4 is 14.4 Å². The van der Waals surface area contributed by atoms with Crippen LogP contribution in [0.4, 0.5) is 5.95 Å². The molecular weight excluding hydrogens is 320 g/mol. The van der Waals surface area contributed by atoms with Gasteiger partial charge >= 0.3 is 0 Å². The first-order chi connectivity index (χ1) is 12.3. The SMILES string of the molecule is COc1ccccc1OC[C@H](O)CN1CCN(c2ncccn2)CC1. The standard InChI is InChI=1S/C18H24N4O3/c1-24-16-5-2-3-6-17(16)25-14-15(23)13-21-9-11-22(12-10-21)18-19-7-4-8-20-18/h2-8,15,23H,9-14H2,1H3/t15-/m1/s1. The van der Waals surface area contributed by atoms with E-state index in [4.69, 9.17) is 9.47 Å². The minimum Gasteiger partial charge on any atom is -0.493 e. The van der Waals surface area contributed by atoms with Gasteiger partial charge in [0.1, 0.15) is 12.7 Å². The van der Waals surface area contributed by atoms with Gasteiger partial charge in [-0.15, -0.1) is 0 Å². The van der Waals surface area contributed by atoms with E-state index in [-0.39, 0.29) is 6.61 Å². The normalized spacial score (nSPS) is 16.5. The fourth-order valence-corrected chi connectivity index (χ4v) is 2.86. The number of benzene rings is 1. The van der Waals surface area contributed by atoms with Gasteiger partial charge in [-0.2, -0.15) is 0 Å². The average molecular weight is 344 g/mol. The topological polar surface area (TPSA) is 71.0 Å². The monoisotopic (exact) mass is 344 g/mol. The Morgan fingerprint density at radius 3 is 2.40 bits per heavy atom. The Morgan fingerprint density at radius 1 is 1.04 bits per heavy atom. The number of hydrogen-bond acceptors (Lipinski definition) is 7. The number of ether oxygens (including phenoxy) is 2. The van der Waals surface area contributed by atoms with Crippen molar-refractivity contribution in [3.63, 3.8) is 0 Å². The summed E-state index contributed by atoms with van der Waals surface area (Å²) < 4.78 is 10.9. The number of nitrogens with zero attached hydrogens (tertiary/aromatic N) is 4. The second-order valence-corrected chi connectivity index (χ2v) is 5.95. The molecule has 2 aromatic rings. The summed E-state index contributed by atoms with van der Waals surface area (Å²) in [5.74, 6) is 2.09. The third kappa shape index (κ3) is 4.80. The van der Waals surface area contributed by atoms with Crippen LogP contribution in [-0.2, 0) is 0 Å². The maximum atomic E-state index is 10.3. The molecule has 0 radical (unpaired) electrons. The highest BCUT2D eigenvalue weighted by molar-refractivity contribution is 5.39. The molecule has 1 atom stereocenters. The average Bonchev–Trinajstić information content (AvgIpc) is 2.68. The molecule has 0 unspecified atom stereocenters. The molecule has 1 aromatic carbocycles. The van der Waals surface area contributed by atoms with Crippen molar-refractivity contribution in [3.05, 3.63) is 42.7 Å². The van der Waals surface area contributed by atoms with Gasteiger partial charge < -0.3 is 19.5 Å². The molecule has 0 spiro atoms. The Kier molecular flexibility index (Phi) is 6.03. The van der Waals surface area contributed by atoms with Gasteiger partial charge in [0.05, 0.1) is 7.11 Å². The van der Waals surface area contributed by atoms with E-state index in [1.54, 1.807) is 19.5 Å². The zero-order chi connectivity index (χ0) is 17.5. The molecule has 0 bridgehead atoms. The number of hydrogen-bond donors (Lipinski definition) is 1. The van der Waals surface area contributed by atoms with Gasteiger partial charge in [0.15, 0.2) is 11.5 Å². The third-order valence-corrected chi connectivity index (χ3v) is 4.18. The molecule has 1 aromatic heterocycles. The molecule has 2 heterocycles. The Morgan fingerprint density at radius 2 is 1.72 bits per heavy atom. The molecule has 25 heavy (non-hydrogen) atoms. The molecule has 0 amide bonds. The fourth-order valence-electron chi connectivity index (χ4n) is 2.86. The zero-order valence-corrected chi connectivity index (χ0v) is 14.4. The van der Waals surface area contributed by atoms with Crippen molar-refractivity contribution in [3.8, 4) is 11.5 Å². The lowest BCUT2D eigenvalue weighted by atomic mass is 10.2. The summed E-state index contributed by atoms with van der Waals surface area (Å²) in [5, 5.41) is 10.3. The van der Waals surface area contributed by atoms with E-state index in [9.17, 15) is 5.11 Å². The lowest BCUT2D eigenvalue weighted by Crippen LogP contribution is -2.49. The Bertz CT molecular complexity index is 648. The number of anilines is 1. The highest BCUT2D eigenvalue weighted by Crippen LogP contribution is 2.25. The first-order valence-corrected chi connectivity index (χ1v) is 8.44.